The molecular formula is C26H35FN6O4S. The molecule has 0 aliphatic heterocycles. The van der Waals surface area contributed by atoms with Crippen LogP contribution in [0.2, 0.25) is 0 Å². The molecule has 10 nitrogen and oxygen atoms in total. The number of halogens is 1. The molecule has 3 aromatic rings. The van der Waals surface area contributed by atoms with E-state index in [9.17, 15) is 12.8 Å². The van der Waals surface area contributed by atoms with E-state index in [4.69, 9.17) is 14.9 Å². The first-order valence-electron chi connectivity index (χ1n) is 12.4. The summed E-state index contributed by atoms with van der Waals surface area (Å²) >= 11 is 0. The largest absolute Gasteiger partial charge is 0.419 e. The number of pyridine rings is 1. The van der Waals surface area contributed by atoms with Gasteiger partial charge in [0.2, 0.25) is 21.8 Å². The highest BCUT2D eigenvalue weighted by molar-refractivity contribution is 7.92. The van der Waals surface area contributed by atoms with Gasteiger partial charge in [-0.2, -0.15) is 0 Å². The monoisotopic (exact) mass is 546 g/mol. The molecule has 2 aromatic heterocycles. The maximum atomic E-state index is 13.3. The minimum Gasteiger partial charge on any atom is -0.419 e. The lowest BCUT2D eigenvalue weighted by Gasteiger charge is -2.26. The van der Waals surface area contributed by atoms with Crippen molar-refractivity contribution >= 4 is 21.7 Å². The third-order valence-electron chi connectivity index (χ3n) is 6.88. The fraction of sp³-hybridized carbons (Fsp3) is 0.500. The van der Waals surface area contributed by atoms with Crippen molar-refractivity contribution in [3.05, 3.63) is 53.7 Å². The highest BCUT2D eigenvalue weighted by atomic mass is 32.2. The zero-order valence-electron chi connectivity index (χ0n) is 22.4. The number of sulfonamides is 1. The van der Waals surface area contributed by atoms with Crippen LogP contribution in [-0.4, -0.2) is 63.7 Å². The quantitative estimate of drug-likeness (QED) is 0.364. The van der Waals surface area contributed by atoms with E-state index >= 15 is 0 Å². The summed E-state index contributed by atoms with van der Waals surface area (Å²) in [5.41, 5.74) is 6.85. The maximum Gasteiger partial charge on any atom is 0.248 e. The molecule has 1 aliphatic carbocycles. The van der Waals surface area contributed by atoms with E-state index in [1.54, 1.807) is 32.2 Å². The van der Waals surface area contributed by atoms with E-state index in [0.29, 0.717) is 42.8 Å². The number of hydrogen-bond donors (Lipinski definition) is 1. The van der Waals surface area contributed by atoms with Gasteiger partial charge in [0.1, 0.15) is 17.5 Å². The van der Waals surface area contributed by atoms with Crippen LogP contribution in [0.1, 0.15) is 31.7 Å². The lowest BCUT2D eigenvalue weighted by atomic mass is 9.94. The Kier molecular flexibility index (Phi) is 8.05. The molecule has 0 unspecified atom stereocenters. The number of anilines is 2. The van der Waals surface area contributed by atoms with Crippen LogP contribution in [0.3, 0.4) is 0 Å². The van der Waals surface area contributed by atoms with Crippen LogP contribution >= 0.6 is 0 Å². The molecule has 1 aromatic carbocycles. The van der Waals surface area contributed by atoms with Crippen molar-refractivity contribution in [2.75, 3.05) is 49.3 Å². The van der Waals surface area contributed by atoms with Crippen molar-refractivity contribution in [1.82, 2.24) is 15.2 Å². The topological polar surface area (TPSA) is 128 Å². The fourth-order valence-corrected chi connectivity index (χ4v) is 4.66. The molecule has 0 radical (unpaired) electrons. The van der Waals surface area contributed by atoms with Gasteiger partial charge in [-0.3, -0.25) is 4.31 Å². The summed E-state index contributed by atoms with van der Waals surface area (Å²) in [5.74, 6) is 2.05. The molecular weight excluding hydrogens is 511 g/mol. The van der Waals surface area contributed by atoms with Crippen molar-refractivity contribution in [3.8, 4) is 11.5 Å². The normalized spacial score (nSPS) is 18.7. The second-order valence-electron chi connectivity index (χ2n) is 10.3. The molecule has 1 aliphatic rings. The van der Waals surface area contributed by atoms with E-state index in [1.807, 2.05) is 6.07 Å². The Morgan fingerprint density at radius 1 is 1.21 bits per heavy atom. The van der Waals surface area contributed by atoms with E-state index in [-0.39, 0.29) is 23.4 Å². The second kappa shape index (κ2) is 11.0. The van der Waals surface area contributed by atoms with Gasteiger partial charge >= 0.3 is 0 Å². The predicted octanol–water partition coefficient (Wildman–Crippen LogP) is 3.19. The first-order chi connectivity index (χ1) is 17.9. The molecule has 2 heterocycles. The van der Waals surface area contributed by atoms with Crippen molar-refractivity contribution in [2.45, 2.75) is 32.2 Å². The first kappa shape index (κ1) is 27.9. The van der Waals surface area contributed by atoms with Crippen LogP contribution in [0, 0.1) is 17.7 Å². The SMILES string of the molecule is COCCN(C[C@@H]1C[C@H]1C)c1cc(-c2nnc([C@](C)(N)Cc3ccc(F)cc3)o2)cc(N(C)S(C)(=O)=O)n1. The summed E-state index contributed by atoms with van der Waals surface area (Å²) in [6.07, 6.45) is 2.61. The molecule has 0 bridgehead atoms. The summed E-state index contributed by atoms with van der Waals surface area (Å²) in [6.45, 7) is 5.83. The number of benzene rings is 1. The molecule has 0 saturated heterocycles. The molecule has 2 N–H and O–H groups in total. The van der Waals surface area contributed by atoms with E-state index in [2.05, 4.69) is 27.0 Å². The second-order valence-corrected chi connectivity index (χ2v) is 12.4. The number of rotatable bonds is 12. The van der Waals surface area contributed by atoms with Crippen LogP contribution in [0.5, 0.6) is 0 Å². The number of nitrogens with two attached hydrogens (primary N) is 1. The van der Waals surface area contributed by atoms with Crippen molar-refractivity contribution in [1.29, 1.82) is 0 Å². The molecule has 206 valence electrons. The van der Waals surface area contributed by atoms with Crippen LogP contribution in [0.4, 0.5) is 16.0 Å². The number of aromatic nitrogens is 3. The number of nitrogens with zero attached hydrogens (tertiary/aromatic N) is 5. The molecule has 4 rings (SSSR count). The molecule has 1 fully saturated rings. The summed E-state index contributed by atoms with van der Waals surface area (Å²) in [5, 5.41) is 8.42. The highest BCUT2D eigenvalue weighted by Crippen LogP contribution is 2.39. The molecule has 0 amide bonds. The number of ether oxygens (including phenoxy) is 1. The molecule has 12 heteroatoms. The Labute approximate surface area is 223 Å². The number of hydrogen-bond acceptors (Lipinski definition) is 9. The smallest absolute Gasteiger partial charge is 0.248 e. The van der Waals surface area contributed by atoms with Crippen LogP contribution in [0.15, 0.2) is 40.8 Å². The van der Waals surface area contributed by atoms with Gasteiger partial charge in [-0.05, 0) is 61.4 Å². The van der Waals surface area contributed by atoms with Crippen molar-refractivity contribution in [2.24, 2.45) is 17.6 Å². The van der Waals surface area contributed by atoms with Crippen LogP contribution < -0.4 is 14.9 Å². The third kappa shape index (κ3) is 6.66. The molecule has 3 atom stereocenters. The summed E-state index contributed by atoms with van der Waals surface area (Å²) in [6, 6.07) is 9.49. The van der Waals surface area contributed by atoms with Gasteiger partial charge in [-0.1, -0.05) is 19.1 Å². The van der Waals surface area contributed by atoms with Crippen molar-refractivity contribution < 1.29 is 22.0 Å². The number of methoxy groups -OCH3 is 1. The van der Waals surface area contributed by atoms with Crippen LogP contribution in [0.25, 0.3) is 11.5 Å². The Hall–Kier alpha value is -3.09. The first-order valence-corrected chi connectivity index (χ1v) is 14.3. The molecule has 0 spiro atoms. The van der Waals surface area contributed by atoms with Gasteiger partial charge in [0.25, 0.3) is 0 Å². The van der Waals surface area contributed by atoms with Gasteiger partial charge in [0.15, 0.2) is 0 Å². The van der Waals surface area contributed by atoms with Crippen molar-refractivity contribution in [3.63, 3.8) is 0 Å². The Balaban J connectivity index is 1.70. The Morgan fingerprint density at radius 2 is 1.87 bits per heavy atom. The lowest BCUT2D eigenvalue weighted by molar-refractivity contribution is 0.204. The van der Waals surface area contributed by atoms with Crippen LogP contribution in [-0.2, 0) is 26.7 Å². The zero-order chi connectivity index (χ0) is 27.7. The zero-order valence-corrected chi connectivity index (χ0v) is 23.2. The summed E-state index contributed by atoms with van der Waals surface area (Å²) in [4.78, 5) is 6.77. The Bertz CT molecular complexity index is 1360. The minimum absolute atomic E-state index is 0.189. The lowest BCUT2D eigenvalue weighted by Crippen LogP contribution is -2.35. The van der Waals surface area contributed by atoms with E-state index in [1.165, 1.54) is 19.2 Å². The fourth-order valence-electron chi connectivity index (χ4n) is 4.23. The van der Waals surface area contributed by atoms with E-state index < -0.39 is 15.6 Å². The highest BCUT2D eigenvalue weighted by Gasteiger charge is 2.35. The minimum atomic E-state index is -3.58. The summed E-state index contributed by atoms with van der Waals surface area (Å²) < 4.78 is 50.5. The third-order valence-corrected chi connectivity index (χ3v) is 8.07. The molecule has 1 saturated carbocycles. The van der Waals surface area contributed by atoms with Gasteiger partial charge in [-0.25, -0.2) is 17.8 Å². The predicted molar refractivity (Wildman–Crippen MR) is 144 cm³/mol. The van der Waals surface area contributed by atoms with Gasteiger partial charge < -0.3 is 19.8 Å². The van der Waals surface area contributed by atoms with Gasteiger partial charge in [0.05, 0.1) is 18.4 Å². The Morgan fingerprint density at radius 3 is 2.47 bits per heavy atom. The van der Waals surface area contributed by atoms with E-state index in [0.717, 1.165) is 29.1 Å². The average molecular weight is 547 g/mol. The molecule has 38 heavy (non-hydrogen) atoms. The maximum absolute atomic E-state index is 13.3. The summed E-state index contributed by atoms with van der Waals surface area (Å²) in [7, 11) is -0.485. The van der Waals surface area contributed by atoms with Gasteiger partial charge in [-0.15, -0.1) is 10.2 Å². The standard InChI is InChI=1S/C26H35FN6O4S/c1-17-12-20(17)16-33(10-11-36-4)23-14-19(13-22(29-23)32(3)38(5,34)35)24-30-31-25(37-24)26(2,28)15-18-6-8-21(27)9-7-18/h6-9,13-14,17,20H,10-12,15-16,28H2,1-5H3/t17-,20+,26-/m1/s1. The van der Waals surface area contributed by atoms with Gasteiger partial charge in [0, 0.05) is 32.8 Å². The average Bonchev–Trinajstić information content (AvgIpc) is 3.32.